The molecule has 6 nitrogen and oxygen atoms in total. The fourth-order valence-corrected chi connectivity index (χ4v) is 4.08. The molecule has 0 amide bonds. The molecule has 1 atom stereocenters. The average molecular weight is 422 g/mol. The van der Waals surface area contributed by atoms with Gasteiger partial charge in [0.2, 0.25) is 0 Å². The van der Waals surface area contributed by atoms with Crippen LogP contribution in [0.25, 0.3) is 22.1 Å². The lowest BCUT2D eigenvalue weighted by Gasteiger charge is -2.25. The SMILES string of the molecule is CC(C)CC(=O)c1c2c(c3oc(=O)cc(-c4ccccc4)c3c1O)C[C@@H](C(C)(C)O)O2. The molecule has 0 radical (unpaired) electrons. The first kappa shape index (κ1) is 21.1. The molecule has 31 heavy (non-hydrogen) atoms. The Bertz CT molecular complexity index is 1210. The Balaban J connectivity index is 2.08. The molecule has 0 saturated carbocycles. The summed E-state index contributed by atoms with van der Waals surface area (Å²) in [6, 6.07) is 10.5. The van der Waals surface area contributed by atoms with Crippen LogP contribution in [0, 0.1) is 5.92 Å². The third-order valence-electron chi connectivity index (χ3n) is 5.60. The van der Waals surface area contributed by atoms with Crippen molar-refractivity contribution in [2.45, 2.75) is 52.2 Å². The van der Waals surface area contributed by atoms with Crippen molar-refractivity contribution in [3.63, 3.8) is 0 Å². The molecule has 162 valence electrons. The molecule has 1 aliphatic rings. The number of aliphatic hydroxyl groups is 1. The summed E-state index contributed by atoms with van der Waals surface area (Å²) in [4.78, 5) is 25.6. The Morgan fingerprint density at radius 3 is 2.52 bits per heavy atom. The van der Waals surface area contributed by atoms with Crippen molar-refractivity contribution < 1.29 is 24.2 Å². The number of ketones is 1. The lowest BCUT2D eigenvalue weighted by Crippen LogP contribution is -2.39. The van der Waals surface area contributed by atoms with E-state index in [0.717, 1.165) is 5.56 Å². The number of hydrogen-bond acceptors (Lipinski definition) is 6. The van der Waals surface area contributed by atoms with Crippen LogP contribution in [0.3, 0.4) is 0 Å². The van der Waals surface area contributed by atoms with Crippen LogP contribution in [0.2, 0.25) is 0 Å². The molecule has 1 aliphatic heterocycles. The van der Waals surface area contributed by atoms with Crippen molar-refractivity contribution in [1.82, 2.24) is 0 Å². The Kier molecular flexibility index (Phi) is 5.13. The molecule has 3 aromatic rings. The van der Waals surface area contributed by atoms with Gasteiger partial charge in [0, 0.05) is 30.0 Å². The predicted molar refractivity (Wildman–Crippen MR) is 118 cm³/mol. The van der Waals surface area contributed by atoms with E-state index in [2.05, 4.69) is 0 Å². The molecule has 0 spiro atoms. The summed E-state index contributed by atoms with van der Waals surface area (Å²) in [5.74, 6) is -0.256. The second kappa shape index (κ2) is 7.54. The van der Waals surface area contributed by atoms with Crippen LogP contribution in [0.1, 0.15) is 50.0 Å². The minimum Gasteiger partial charge on any atom is -0.506 e. The highest BCUT2D eigenvalue weighted by molar-refractivity contribution is 6.11. The van der Waals surface area contributed by atoms with Crippen molar-refractivity contribution in [3.05, 3.63) is 57.9 Å². The summed E-state index contributed by atoms with van der Waals surface area (Å²) in [7, 11) is 0. The molecule has 2 N–H and O–H groups in total. The third-order valence-corrected chi connectivity index (χ3v) is 5.60. The van der Waals surface area contributed by atoms with Gasteiger partial charge in [-0.3, -0.25) is 4.79 Å². The zero-order valence-electron chi connectivity index (χ0n) is 18.1. The Hall–Kier alpha value is -3.12. The molecular formula is C25H26O6. The molecule has 2 aromatic carbocycles. The molecule has 0 unspecified atom stereocenters. The average Bonchev–Trinajstić information content (AvgIpc) is 3.13. The molecule has 0 fully saturated rings. The zero-order valence-corrected chi connectivity index (χ0v) is 18.1. The van der Waals surface area contributed by atoms with Gasteiger partial charge in [-0.1, -0.05) is 44.2 Å². The van der Waals surface area contributed by atoms with Gasteiger partial charge in [-0.2, -0.15) is 0 Å². The quantitative estimate of drug-likeness (QED) is 0.465. The standard InChI is InChI=1S/C25H26O6/c1-13(2)10-17(26)21-22(28)20-15(14-8-6-5-7-9-14)12-19(27)31-23(20)16-11-18(25(3,4)29)30-24(16)21/h5-9,12-13,18,28-29H,10-11H2,1-4H3/t18-/m0/s1. The van der Waals surface area contributed by atoms with E-state index < -0.39 is 17.3 Å². The first-order valence-electron chi connectivity index (χ1n) is 10.4. The second-order valence-electron chi connectivity index (χ2n) is 9.07. The van der Waals surface area contributed by atoms with Gasteiger partial charge >= 0.3 is 5.63 Å². The monoisotopic (exact) mass is 422 g/mol. The number of carbonyl (C=O) groups excluding carboxylic acids is 1. The maximum atomic E-state index is 13.2. The van der Waals surface area contributed by atoms with E-state index in [0.29, 0.717) is 16.5 Å². The van der Waals surface area contributed by atoms with E-state index in [1.54, 1.807) is 13.8 Å². The van der Waals surface area contributed by atoms with Crippen molar-refractivity contribution in [3.8, 4) is 22.6 Å². The summed E-state index contributed by atoms with van der Waals surface area (Å²) >= 11 is 0. The molecule has 0 bridgehead atoms. The van der Waals surface area contributed by atoms with E-state index in [4.69, 9.17) is 9.15 Å². The smallest absolute Gasteiger partial charge is 0.336 e. The van der Waals surface area contributed by atoms with Crippen LogP contribution in [0.15, 0.2) is 45.6 Å². The third kappa shape index (κ3) is 3.72. The molecule has 0 saturated heterocycles. The number of carbonyl (C=O) groups is 1. The summed E-state index contributed by atoms with van der Waals surface area (Å²) in [5.41, 5.74) is 0.216. The van der Waals surface area contributed by atoms with E-state index >= 15 is 0 Å². The predicted octanol–water partition coefficient (Wildman–Crippen LogP) is 4.47. The van der Waals surface area contributed by atoms with Crippen molar-refractivity contribution in [1.29, 1.82) is 0 Å². The van der Waals surface area contributed by atoms with E-state index in [9.17, 15) is 19.8 Å². The first-order chi connectivity index (χ1) is 14.6. The highest BCUT2D eigenvalue weighted by Gasteiger charge is 2.41. The van der Waals surface area contributed by atoms with Crippen LogP contribution in [-0.4, -0.2) is 27.7 Å². The van der Waals surface area contributed by atoms with Crippen LogP contribution in [0.5, 0.6) is 11.5 Å². The number of benzene rings is 2. The summed E-state index contributed by atoms with van der Waals surface area (Å²) in [6.07, 6.45) is -0.179. The number of fused-ring (bicyclic) bond motifs is 3. The highest BCUT2D eigenvalue weighted by atomic mass is 16.5. The number of hydrogen-bond donors (Lipinski definition) is 2. The summed E-state index contributed by atoms with van der Waals surface area (Å²) < 4.78 is 11.5. The van der Waals surface area contributed by atoms with E-state index in [1.807, 2.05) is 44.2 Å². The molecule has 0 aliphatic carbocycles. The maximum Gasteiger partial charge on any atom is 0.336 e. The van der Waals surface area contributed by atoms with Gasteiger partial charge in [0.05, 0.1) is 11.0 Å². The number of ether oxygens (including phenoxy) is 1. The Morgan fingerprint density at radius 1 is 1.23 bits per heavy atom. The lowest BCUT2D eigenvalue weighted by molar-refractivity contribution is -0.0232. The number of rotatable bonds is 5. The molecule has 4 rings (SSSR count). The fourth-order valence-electron chi connectivity index (χ4n) is 4.08. The fraction of sp³-hybridized carbons (Fsp3) is 0.360. The van der Waals surface area contributed by atoms with Gasteiger partial charge in [0.1, 0.15) is 28.7 Å². The van der Waals surface area contributed by atoms with Crippen LogP contribution in [-0.2, 0) is 6.42 Å². The minimum absolute atomic E-state index is 0.0760. The molecule has 2 heterocycles. The van der Waals surface area contributed by atoms with Crippen LogP contribution < -0.4 is 10.4 Å². The topological polar surface area (TPSA) is 97.0 Å². The van der Waals surface area contributed by atoms with E-state index in [1.165, 1.54) is 6.07 Å². The van der Waals surface area contributed by atoms with Gasteiger partial charge < -0.3 is 19.4 Å². The highest BCUT2D eigenvalue weighted by Crippen LogP contribution is 2.48. The molecular weight excluding hydrogens is 396 g/mol. The van der Waals surface area contributed by atoms with Crippen molar-refractivity contribution in [2.24, 2.45) is 5.92 Å². The second-order valence-corrected chi connectivity index (χ2v) is 9.07. The lowest BCUT2D eigenvalue weighted by atomic mass is 9.90. The van der Waals surface area contributed by atoms with Gasteiger partial charge in [0.25, 0.3) is 0 Å². The minimum atomic E-state index is -1.20. The summed E-state index contributed by atoms with van der Waals surface area (Å²) in [6.45, 7) is 7.08. The Labute approximate surface area is 180 Å². The van der Waals surface area contributed by atoms with Gasteiger partial charge in [-0.15, -0.1) is 0 Å². The largest absolute Gasteiger partial charge is 0.506 e. The number of phenolic OH excluding ortho intramolecular Hbond substituents is 1. The van der Waals surface area contributed by atoms with Gasteiger partial charge in [-0.25, -0.2) is 4.79 Å². The molecule has 1 aromatic heterocycles. The van der Waals surface area contributed by atoms with Crippen molar-refractivity contribution in [2.75, 3.05) is 0 Å². The summed E-state index contributed by atoms with van der Waals surface area (Å²) in [5, 5.41) is 22.1. The van der Waals surface area contributed by atoms with E-state index in [-0.39, 0.29) is 47.2 Å². The Morgan fingerprint density at radius 2 is 1.90 bits per heavy atom. The normalized spacial score (nSPS) is 15.9. The van der Waals surface area contributed by atoms with Gasteiger partial charge in [-0.05, 0) is 25.3 Å². The zero-order chi connectivity index (χ0) is 22.5. The number of phenols is 1. The van der Waals surface area contributed by atoms with Gasteiger partial charge in [0.15, 0.2) is 5.78 Å². The maximum absolute atomic E-state index is 13.2. The first-order valence-corrected chi connectivity index (χ1v) is 10.4. The van der Waals surface area contributed by atoms with Crippen molar-refractivity contribution >= 4 is 16.8 Å². The molecule has 6 heteroatoms. The number of Topliss-reactive ketones (excluding diaryl/α,β-unsaturated/α-hetero) is 1. The van der Waals surface area contributed by atoms with Crippen LogP contribution >= 0.6 is 0 Å². The van der Waals surface area contributed by atoms with Crippen LogP contribution in [0.4, 0.5) is 0 Å². The number of aromatic hydroxyl groups is 1.